The Morgan fingerprint density at radius 2 is 1.86 bits per heavy atom. The summed E-state index contributed by atoms with van der Waals surface area (Å²) in [5.41, 5.74) is 2.14. The third-order valence-electron chi connectivity index (χ3n) is 3.58. The van der Waals surface area contributed by atoms with Crippen LogP contribution in [0.25, 0.3) is 10.9 Å². The van der Waals surface area contributed by atoms with Crippen LogP contribution in [0.5, 0.6) is 11.5 Å². The normalized spacial score (nSPS) is 10.8. The summed E-state index contributed by atoms with van der Waals surface area (Å²) < 4.78 is 12.9. The number of nitrogens with zero attached hydrogens (tertiary/aromatic N) is 1. The first-order chi connectivity index (χ1) is 10.2. The zero-order valence-electron chi connectivity index (χ0n) is 12.0. The molecule has 0 saturated heterocycles. The molecule has 0 aliphatic carbocycles. The first-order valence-corrected chi connectivity index (χ1v) is 7.05. The van der Waals surface area contributed by atoms with Gasteiger partial charge in [-0.15, -0.1) is 0 Å². The van der Waals surface area contributed by atoms with Crippen LogP contribution in [0.1, 0.15) is 5.56 Å². The molecule has 1 aromatic heterocycles. The van der Waals surface area contributed by atoms with Crippen LogP contribution in [0.4, 0.5) is 0 Å². The van der Waals surface area contributed by atoms with Gasteiger partial charge in [0.2, 0.25) is 0 Å². The third kappa shape index (κ3) is 2.57. The standard InChI is InChI=1S/C17H16ClNO2/c1-20-13-9-16-14(17(10-13)21-2)7-8-19(16)11-12-5-3-4-6-15(12)18/h3-10H,11H2,1-2H3. The Balaban J connectivity index is 2.09. The summed E-state index contributed by atoms with van der Waals surface area (Å²) in [5.74, 6) is 1.58. The van der Waals surface area contributed by atoms with Crippen LogP contribution in [0, 0.1) is 0 Å². The van der Waals surface area contributed by atoms with Gasteiger partial charge in [-0.1, -0.05) is 29.8 Å². The number of ether oxygens (including phenoxy) is 2. The molecule has 4 heteroatoms. The van der Waals surface area contributed by atoms with E-state index in [0.29, 0.717) is 6.54 Å². The summed E-state index contributed by atoms with van der Waals surface area (Å²) in [4.78, 5) is 0. The molecule has 0 atom stereocenters. The maximum absolute atomic E-state index is 6.25. The van der Waals surface area contributed by atoms with Crippen LogP contribution in [-0.2, 0) is 6.54 Å². The van der Waals surface area contributed by atoms with E-state index in [9.17, 15) is 0 Å². The van der Waals surface area contributed by atoms with Gasteiger partial charge in [0.1, 0.15) is 11.5 Å². The lowest BCUT2D eigenvalue weighted by atomic mass is 10.2. The molecule has 0 radical (unpaired) electrons. The van der Waals surface area contributed by atoms with Crippen molar-refractivity contribution in [2.24, 2.45) is 0 Å². The first-order valence-electron chi connectivity index (χ1n) is 6.67. The van der Waals surface area contributed by atoms with Crippen molar-refractivity contribution in [3.8, 4) is 11.5 Å². The average Bonchev–Trinajstić information content (AvgIpc) is 2.91. The van der Waals surface area contributed by atoms with Gasteiger partial charge in [-0.05, 0) is 17.7 Å². The lowest BCUT2D eigenvalue weighted by molar-refractivity contribution is 0.398. The molecule has 0 spiro atoms. The zero-order valence-corrected chi connectivity index (χ0v) is 12.7. The second-order valence-corrected chi connectivity index (χ2v) is 5.20. The second kappa shape index (κ2) is 5.70. The van der Waals surface area contributed by atoms with E-state index in [1.54, 1.807) is 14.2 Å². The van der Waals surface area contributed by atoms with Crippen LogP contribution in [0.15, 0.2) is 48.7 Å². The van der Waals surface area contributed by atoms with Gasteiger partial charge in [0.25, 0.3) is 0 Å². The highest BCUT2D eigenvalue weighted by Gasteiger charge is 2.10. The minimum atomic E-state index is 0.708. The topological polar surface area (TPSA) is 23.4 Å². The van der Waals surface area contributed by atoms with Gasteiger partial charge in [-0.2, -0.15) is 0 Å². The smallest absolute Gasteiger partial charge is 0.131 e. The van der Waals surface area contributed by atoms with Crippen LogP contribution >= 0.6 is 11.6 Å². The molecule has 2 aromatic carbocycles. The Bertz CT molecular complexity index is 780. The molecule has 0 saturated carbocycles. The van der Waals surface area contributed by atoms with Crippen LogP contribution in [-0.4, -0.2) is 18.8 Å². The summed E-state index contributed by atoms with van der Waals surface area (Å²) in [6.45, 7) is 0.708. The van der Waals surface area contributed by atoms with Gasteiger partial charge in [-0.25, -0.2) is 0 Å². The number of aromatic nitrogens is 1. The largest absolute Gasteiger partial charge is 0.497 e. The number of benzene rings is 2. The van der Waals surface area contributed by atoms with Crippen molar-refractivity contribution in [2.45, 2.75) is 6.54 Å². The molecule has 0 N–H and O–H groups in total. The molecule has 3 aromatic rings. The highest BCUT2D eigenvalue weighted by Crippen LogP contribution is 2.32. The number of rotatable bonds is 4. The Hall–Kier alpha value is -2.13. The van der Waals surface area contributed by atoms with Gasteiger partial charge < -0.3 is 14.0 Å². The Labute approximate surface area is 128 Å². The molecule has 1 heterocycles. The fraction of sp³-hybridized carbons (Fsp3) is 0.176. The average molecular weight is 302 g/mol. The summed E-state index contributed by atoms with van der Waals surface area (Å²) in [5, 5.41) is 1.83. The van der Waals surface area contributed by atoms with E-state index in [1.807, 2.05) is 48.7 Å². The van der Waals surface area contributed by atoms with Crippen LogP contribution in [0.2, 0.25) is 5.02 Å². The van der Waals surface area contributed by atoms with Gasteiger partial charge in [0.15, 0.2) is 0 Å². The van der Waals surface area contributed by atoms with E-state index in [1.165, 1.54) is 0 Å². The molecule has 3 nitrogen and oxygen atoms in total. The zero-order chi connectivity index (χ0) is 14.8. The Morgan fingerprint density at radius 1 is 1.05 bits per heavy atom. The van der Waals surface area contributed by atoms with E-state index >= 15 is 0 Å². The van der Waals surface area contributed by atoms with Crippen LogP contribution in [0.3, 0.4) is 0 Å². The van der Waals surface area contributed by atoms with E-state index < -0.39 is 0 Å². The summed E-state index contributed by atoms with van der Waals surface area (Å²) in [6.07, 6.45) is 2.04. The fourth-order valence-corrected chi connectivity index (χ4v) is 2.67. The minimum absolute atomic E-state index is 0.708. The van der Waals surface area contributed by atoms with Crippen molar-refractivity contribution in [1.29, 1.82) is 0 Å². The van der Waals surface area contributed by atoms with Crippen molar-refractivity contribution in [2.75, 3.05) is 14.2 Å². The maximum Gasteiger partial charge on any atom is 0.131 e. The molecule has 0 aliphatic heterocycles. The molecular weight excluding hydrogens is 286 g/mol. The summed E-state index contributed by atoms with van der Waals surface area (Å²) >= 11 is 6.25. The molecule has 21 heavy (non-hydrogen) atoms. The minimum Gasteiger partial charge on any atom is -0.497 e. The summed E-state index contributed by atoms with van der Waals surface area (Å²) in [6, 6.07) is 13.8. The highest BCUT2D eigenvalue weighted by molar-refractivity contribution is 6.31. The number of fused-ring (bicyclic) bond motifs is 1. The monoisotopic (exact) mass is 301 g/mol. The Kier molecular flexibility index (Phi) is 3.76. The molecule has 3 rings (SSSR count). The maximum atomic E-state index is 6.25. The number of halogens is 1. The molecule has 108 valence electrons. The van der Waals surface area contributed by atoms with Crippen LogP contribution < -0.4 is 9.47 Å². The van der Waals surface area contributed by atoms with Crippen molar-refractivity contribution in [3.05, 3.63) is 59.2 Å². The number of hydrogen-bond acceptors (Lipinski definition) is 2. The summed E-state index contributed by atoms with van der Waals surface area (Å²) in [7, 11) is 3.32. The van der Waals surface area contributed by atoms with E-state index in [2.05, 4.69) is 4.57 Å². The van der Waals surface area contributed by atoms with Crippen molar-refractivity contribution < 1.29 is 9.47 Å². The van der Waals surface area contributed by atoms with Gasteiger partial charge in [0, 0.05) is 35.3 Å². The molecule has 0 aliphatic rings. The third-order valence-corrected chi connectivity index (χ3v) is 3.95. The fourth-order valence-electron chi connectivity index (χ4n) is 2.47. The first kappa shape index (κ1) is 13.8. The highest BCUT2D eigenvalue weighted by atomic mass is 35.5. The SMILES string of the molecule is COc1cc(OC)c2ccn(Cc3ccccc3Cl)c2c1. The number of hydrogen-bond donors (Lipinski definition) is 0. The van der Waals surface area contributed by atoms with Crippen molar-refractivity contribution >= 4 is 22.5 Å². The second-order valence-electron chi connectivity index (χ2n) is 4.80. The van der Waals surface area contributed by atoms with Crippen molar-refractivity contribution in [1.82, 2.24) is 4.57 Å². The van der Waals surface area contributed by atoms with Gasteiger partial charge in [0.05, 0.1) is 19.7 Å². The molecule has 0 bridgehead atoms. The van der Waals surface area contributed by atoms with E-state index in [4.69, 9.17) is 21.1 Å². The van der Waals surface area contributed by atoms with Gasteiger partial charge >= 0.3 is 0 Å². The van der Waals surface area contributed by atoms with Crippen molar-refractivity contribution in [3.63, 3.8) is 0 Å². The van der Waals surface area contributed by atoms with E-state index in [0.717, 1.165) is 33.0 Å². The van der Waals surface area contributed by atoms with Gasteiger partial charge in [-0.3, -0.25) is 0 Å². The molecule has 0 fully saturated rings. The molecule has 0 unspecified atom stereocenters. The quantitative estimate of drug-likeness (QED) is 0.715. The number of methoxy groups -OCH3 is 2. The Morgan fingerprint density at radius 3 is 2.57 bits per heavy atom. The van der Waals surface area contributed by atoms with E-state index in [-0.39, 0.29) is 0 Å². The lowest BCUT2D eigenvalue weighted by Gasteiger charge is -2.10. The molecule has 0 amide bonds. The predicted octanol–water partition coefficient (Wildman–Crippen LogP) is 4.36. The molecular formula is C17H16ClNO2. The lowest BCUT2D eigenvalue weighted by Crippen LogP contribution is -1.99. The predicted molar refractivity (Wildman–Crippen MR) is 85.6 cm³/mol.